The monoisotopic (exact) mass is 556 g/mol. The van der Waals surface area contributed by atoms with Crippen LogP contribution in [-0.2, 0) is 32.7 Å². The predicted molar refractivity (Wildman–Crippen MR) is 141 cm³/mol. The van der Waals surface area contributed by atoms with Crippen molar-refractivity contribution < 1.29 is 29.4 Å². The van der Waals surface area contributed by atoms with Crippen molar-refractivity contribution >= 4 is 29.3 Å². The lowest BCUT2D eigenvalue weighted by molar-refractivity contribution is -0.245. The molecule has 39 heavy (non-hydrogen) atoms. The summed E-state index contributed by atoms with van der Waals surface area (Å²) >= 11 is 1.50. The van der Waals surface area contributed by atoms with Crippen molar-refractivity contribution in [1.29, 1.82) is 0 Å². The highest BCUT2D eigenvalue weighted by Gasteiger charge is 2.32. The van der Waals surface area contributed by atoms with Crippen LogP contribution in [0.2, 0.25) is 0 Å². The van der Waals surface area contributed by atoms with Gasteiger partial charge in [0.1, 0.15) is 0 Å². The van der Waals surface area contributed by atoms with Crippen molar-refractivity contribution in [2.24, 2.45) is 7.05 Å². The van der Waals surface area contributed by atoms with Crippen molar-refractivity contribution in [3.63, 3.8) is 0 Å². The number of carbonyl (C=O) groups is 2. The minimum atomic E-state index is -0.668. The summed E-state index contributed by atoms with van der Waals surface area (Å²) in [7, 11) is 1.78. The molecule has 2 heterocycles. The average Bonchev–Trinajstić information content (AvgIpc) is 3.38. The van der Waals surface area contributed by atoms with Crippen molar-refractivity contribution in [2.45, 2.75) is 62.4 Å². The molecule has 4 rings (SSSR count). The van der Waals surface area contributed by atoms with Crippen LogP contribution in [0.3, 0.4) is 0 Å². The van der Waals surface area contributed by atoms with Gasteiger partial charge in [-0.05, 0) is 46.5 Å². The normalized spacial score (nSPS) is 19.0. The van der Waals surface area contributed by atoms with Crippen LogP contribution in [0.4, 0.5) is 5.69 Å². The van der Waals surface area contributed by atoms with Gasteiger partial charge in [0.05, 0.1) is 18.8 Å². The van der Waals surface area contributed by atoms with Gasteiger partial charge in [-0.15, -0.1) is 5.10 Å². The van der Waals surface area contributed by atoms with Crippen LogP contribution in [0.15, 0.2) is 53.7 Å². The fourth-order valence-corrected chi connectivity index (χ4v) is 5.01. The van der Waals surface area contributed by atoms with E-state index in [1.165, 1.54) is 11.8 Å². The summed E-state index contributed by atoms with van der Waals surface area (Å²) in [6, 6.07) is 15.0. The number of ether oxygens (including phenoxy) is 2. The van der Waals surface area contributed by atoms with Crippen LogP contribution in [0, 0.1) is 0 Å². The van der Waals surface area contributed by atoms with E-state index in [0.29, 0.717) is 35.9 Å². The van der Waals surface area contributed by atoms with Crippen LogP contribution in [0.5, 0.6) is 0 Å². The third kappa shape index (κ3) is 8.31. The molecule has 12 nitrogen and oxygen atoms in total. The number of thioether (sulfide) groups is 1. The molecule has 208 valence electrons. The van der Waals surface area contributed by atoms with Gasteiger partial charge >= 0.3 is 0 Å². The van der Waals surface area contributed by atoms with Gasteiger partial charge in [0.2, 0.25) is 17.0 Å². The standard InChI is InChI=1S/C26H32N6O6S/c1-32-26(28-30-31-32)39-16-21-14-22(18-11-9-17(15-33)10-12-18)38-25(37-21)19-5-4-6-20(13-19)27-23(34)7-2-3-8-24(35)29-36/h4-6,9-13,21-22,25,33,36H,2-3,7-8,14-16H2,1H3,(H,27,34)(H,29,35)/t21-,22+,25+/m1/s1. The number of amides is 2. The van der Waals surface area contributed by atoms with E-state index in [1.807, 2.05) is 42.5 Å². The Balaban J connectivity index is 1.43. The molecule has 3 aromatic rings. The topological polar surface area (TPSA) is 161 Å². The molecule has 0 saturated carbocycles. The lowest BCUT2D eigenvalue weighted by Gasteiger charge is -2.36. The number of nitrogens with one attached hydrogen (secondary N) is 2. The molecule has 1 aliphatic rings. The zero-order chi connectivity index (χ0) is 27.6. The zero-order valence-corrected chi connectivity index (χ0v) is 22.3. The number of aliphatic hydroxyl groups excluding tert-OH is 1. The average molecular weight is 557 g/mol. The number of carbonyl (C=O) groups excluding carboxylic acids is 2. The third-order valence-corrected chi connectivity index (χ3v) is 7.36. The second-order valence-corrected chi connectivity index (χ2v) is 10.1. The Morgan fingerprint density at radius 1 is 1.08 bits per heavy atom. The molecule has 0 unspecified atom stereocenters. The number of hydrogen-bond acceptors (Lipinski definition) is 10. The number of rotatable bonds is 12. The lowest BCUT2D eigenvalue weighted by Crippen LogP contribution is -2.31. The molecule has 2 amide bonds. The second-order valence-electron chi connectivity index (χ2n) is 9.16. The van der Waals surface area contributed by atoms with Crippen LogP contribution in [0.1, 0.15) is 61.2 Å². The molecule has 3 atom stereocenters. The number of aryl methyl sites for hydroxylation is 1. The van der Waals surface area contributed by atoms with Crippen molar-refractivity contribution in [2.75, 3.05) is 11.1 Å². The Hall–Kier alpha value is -3.36. The van der Waals surface area contributed by atoms with Gasteiger partial charge in [0.15, 0.2) is 6.29 Å². The molecule has 1 aromatic heterocycles. The van der Waals surface area contributed by atoms with Gasteiger partial charge in [-0.1, -0.05) is 48.2 Å². The number of hydroxylamine groups is 1. The van der Waals surface area contributed by atoms with E-state index in [4.69, 9.17) is 14.7 Å². The van der Waals surface area contributed by atoms with E-state index in [9.17, 15) is 14.7 Å². The smallest absolute Gasteiger partial charge is 0.243 e. The van der Waals surface area contributed by atoms with E-state index in [1.54, 1.807) is 23.3 Å². The maximum absolute atomic E-state index is 12.4. The van der Waals surface area contributed by atoms with Crippen LogP contribution < -0.4 is 10.8 Å². The number of anilines is 1. The van der Waals surface area contributed by atoms with Crippen molar-refractivity contribution in [1.82, 2.24) is 25.7 Å². The maximum atomic E-state index is 12.4. The summed E-state index contributed by atoms with van der Waals surface area (Å²) in [5.74, 6) is -0.0250. The van der Waals surface area contributed by atoms with Gasteiger partial charge < -0.3 is 19.9 Å². The third-order valence-electron chi connectivity index (χ3n) is 6.22. The molecule has 0 aliphatic carbocycles. The highest BCUT2D eigenvalue weighted by molar-refractivity contribution is 7.99. The maximum Gasteiger partial charge on any atom is 0.243 e. The summed E-state index contributed by atoms with van der Waals surface area (Å²) in [6.45, 7) is -0.0287. The Labute approximate surface area is 230 Å². The number of aliphatic hydroxyl groups is 1. The molecule has 13 heteroatoms. The summed E-state index contributed by atoms with van der Waals surface area (Å²) in [6.07, 6.45) is 0.972. The fraction of sp³-hybridized carbons (Fsp3) is 0.423. The fourth-order valence-electron chi connectivity index (χ4n) is 4.15. The number of unbranched alkanes of at least 4 members (excludes halogenated alkanes) is 1. The van der Waals surface area contributed by atoms with Gasteiger partial charge in [-0.3, -0.25) is 14.8 Å². The molecule has 0 spiro atoms. The van der Waals surface area contributed by atoms with Gasteiger partial charge in [-0.2, -0.15) is 0 Å². The first kappa shape index (κ1) is 28.6. The quantitative estimate of drug-likeness (QED) is 0.113. The first-order valence-corrected chi connectivity index (χ1v) is 13.6. The SMILES string of the molecule is Cn1nnnc1SC[C@H]1C[C@@H](c2ccc(CO)cc2)O[C@@H](c2cccc(NC(=O)CCCCC(=O)NO)c2)O1. The van der Waals surface area contributed by atoms with Gasteiger partial charge in [0.25, 0.3) is 0 Å². The molecule has 2 aromatic carbocycles. The number of aromatic nitrogens is 4. The molecule has 1 fully saturated rings. The summed E-state index contributed by atoms with van der Waals surface area (Å²) in [4.78, 5) is 23.5. The van der Waals surface area contributed by atoms with Gasteiger partial charge in [0, 0.05) is 43.3 Å². The van der Waals surface area contributed by atoms with E-state index < -0.39 is 12.2 Å². The Morgan fingerprint density at radius 2 is 1.85 bits per heavy atom. The summed E-state index contributed by atoms with van der Waals surface area (Å²) < 4.78 is 14.3. The number of benzene rings is 2. The number of tetrazole rings is 1. The summed E-state index contributed by atoms with van der Waals surface area (Å²) in [5.41, 5.74) is 4.77. The molecule has 0 bridgehead atoms. The Kier molecular flexibility index (Phi) is 10.4. The lowest BCUT2D eigenvalue weighted by atomic mass is 10.0. The molecule has 1 aliphatic heterocycles. The van der Waals surface area contributed by atoms with E-state index >= 15 is 0 Å². The largest absolute Gasteiger partial charge is 0.392 e. The minimum Gasteiger partial charge on any atom is -0.392 e. The van der Waals surface area contributed by atoms with Gasteiger partial charge in [-0.25, -0.2) is 10.2 Å². The number of hydrogen-bond donors (Lipinski definition) is 4. The van der Waals surface area contributed by atoms with Crippen LogP contribution >= 0.6 is 11.8 Å². The molecular formula is C26H32N6O6S. The minimum absolute atomic E-state index is 0.0287. The predicted octanol–water partition coefficient (Wildman–Crippen LogP) is 3.04. The second kappa shape index (κ2) is 14.1. The highest BCUT2D eigenvalue weighted by atomic mass is 32.2. The first-order chi connectivity index (χ1) is 18.9. The summed E-state index contributed by atoms with van der Waals surface area (Å²) in [5, 5.41) is 33.1. The van der Waals surface area contributed by atoms with Crippen molar-refractivity contribution in [3.05, 3.63) is 65.2 Å². The Morgan fingerprint density at radius 3 is 2.54 bits per heavy atom. The zero-order valence-electron chi connectivity index (χ0n) is 21.5. The molecule has 4 N–H and O–H groups in total. The number of nitrogens with zero attached hydrogens (tertiary/aromatic N) is 4. The van der Waals surface area contributed by atoms with E-state index in [2.05, 4.69) is 20.8 Å². The highest BCUT2D eigenvalue weighted by Crippen LogP contribution is 2.39. The van der Waals surface area contributed by atoms with E-state index in [-0.39, 0.29) is 37.6 Å². The van der Waals surface area contributed by atoms with Crippen molar-refractivity contribution in [3.8, 4) is 0 Å². The first-order valence-electron chi connectivity index (χ1n) is 12.6. The molecule has 1 saturated heterocycles. The van der Waals surface area contributed by atoms with Crippen LogP contribution in [-0.4, -0.2) is 54.2 Å². The Bertz CT molecular complexity index is 1240. The molecule has 0 radical (unpaired) electrons. The van der Waals surface area contributed by atoms with Crippen LogP contribution in [0.25, 0.3) is 0 Å². The van der Waals surface area contributed by atoms with E-state index in [0.717, 1.165) is 16.7 Å². The molecular weight excluding hydrogens is 524 g/mol.